The summed E-state index contributed by atoms with van der Waals surface area (Å²) < 4.78 is 0. The van der Waals surface area contributed by atoms with E-state index in [1.165, 1.54) is 0 Å². The van der Waals surface area contributed by atoms with Crippen LogP contribution in [0.4, 0.5) is 5.69 Å². The summed E-state index contributed by atoms with van der Waals surface area (Å²) in [4.78, 5) is 9.18. The van der Waals surface area contributed by atoms with Crippen LogP contribution < -0.4 is 11.5 Å². The molecule has 3 rings (SSSR count). The molecule has 3 aromatic rings. The van der Waals surface area contributed by atoms with Crippen LogP contribution in [0.5, 0.6) is 0 Å². The highest BCUT2D eigenvalue weighted by atomic mass is 15.0. The van der Waals surface area contributed by atoms with Crippen LogP contribution in [-0.2, 0) is 6.54 Å². The molecule has 0 unspecified atom stereocenters. The second-order valence-corrected chi connectivity index (χ2v) is 5.94. The van der Waals surface area contributed by atoms with Crippen molar-refractivity contribution in [3.05, 3.63) is 101 Å². The molecular formula is C22H19N5. The van der Waals surface area contributed by atoms with Gasteiger partial charge < -0.3 is 11.5 Å². The van der Waals surface area contributed by atoms with E-state index >= 15 is 0 Å². The molecule has 4 N–H and O–H groups in total. The molecule has 0 aromatic heterocycles. The maximum absolute atomic E-state index is 9.05. The van der Waals surface area contributed by atoms with Crippen LogP contribution in [0.2, 0.25) is 0 Å². The highest BCUT2D eigenvalue weighted by Crippen LogP contribution is 2.12. The van der Waals surface area contributed by atoms with Gasteiger partial charge in [-0.15, -0.1) is 0 Å². The SMILES string of the molecule is N#Cc1cccc(CN=C(N=C(N)c2ccccc2)c2ccc(N)cc2)c1. The Labute approximate surface area is 158 Å². The fraction of sp³-hybridized carbons (Fsp3) is 0.0455. The molecule has 5 heteroatoms. The van der Waals surface area contributed by atoms with E-state index in [0.29, 0.717) is 29.5 Å². The summed E-state index contributed by atoms with van der Waals surface area (Å²) in [6.07, 6.45) is 0. The molecule has 0 aliphatic heterocycles. The number of nitrogens with two attached hydrogens (primary N) is 2. The number of anilines is 1. The first-order chi connectivity index (χ1) is 13.2. The lowest BCUT2D eigenvalue weighted by Crippen LogP contribution is -2.16. The van der Waals surface area contributed by atoms with Gasteiger partial charge in [0.05, 0.1) is 18.2 Å². The molecule has 132 valence electrons. The lowest BCUT2D eigenvalue weighted by molar-refractivity contribution is 1.06. The standard InChI is InChI=1S/C22H19N5/c23-14-16-5-4-6-17(13-16)15-26-22(19-9-11-20(24)12-10-19)27-21(25)18-7-2-1-3-8-18/h1-13H,15,24H2,(H2,25,26,27). The fourth-order valence-corrected chi connectivity index (χ4v) is 2.52. The van der Waals surface area contributed by atoms with E-state index in [9.17, 15) is 0 Å². The van der Waals surface area contributed by atoms with Crippen molar-refractivity contribution < 1.29 is 0 Å². The number of nitrogen functional groups attached to an aromatic ring is 1. The summed E-state index contributed by atoms with van der Waals surface area (Å²) >= 11 is 0. The molecule has 3 aromatic carbocycles. The Balaban J connectivity index is 1.96. The Morgan fingerprint density at radius 3 is 2.33 bits per heavy atom. The van der Waals surface area contributed by atoms with Gasteiger partial charge in [-0.25, -0.2) is 4.99 Å². The molecule has 0 bridgehead atoms. The number of aliphatic imine (C=N–C) groups is 2. The number of hydrogen-bond acceptors (Lipinski definition) is 3. The predicted molar refractivity (Wildman–Crippen MR) is 109 cm³/mol. The van der Waals surface area contributed by atoms with Crippen LogP contribution in [0.1, 0.15) is 22.3 Å². The number of nitrogens with zero attached hydrogens (tertiary/aromatic N) is 3. The third-order valence-electron chi connectivity index (χ3n) is 3.93. The van der Waals surface area contributed by atoms with Crippen LogP contribution in [0.25, 0.3) is 0 Å². The summed E-state index contributed by atoms with van der Waals surface area (Å²) in [5.41, 5.74) is 15.8. The normalized spacial score (nSPS) is 11.8. The smallest absolute Gasteiger partial charge is 0.157 e. The monoisotopic (exact) mass is 353 g/mol. The summed E-state index contributed by atoms with van der Waals surface area (Å²) in [5, 5.41) is 9.05. The van der Waals surface area contributed by atoms with Crippen molar-refractivity contribution in [2.24, 2.45) is 15.7 Å². The van der Waals surface area contributed by atoms with Crippen molar-refractivity contribution in [3.63, 3.8) is 0 Å². The lowest BCUT2D eigenvalue weighted by Gasteiger charge is -2.06. The third-order valence-corrected chi connectivity index (χ3v) is 3.93. The van der Waals surface area contributed by atoms with Gasteiger partial charge in [-0.2, -0.15) is 5.26 Å². The molecule has 0 aliphatic carbocycles. The molecule has 0 saturated carbocycles. The Bertz CT molecular complexity index is 1010. The molecule has 5 nitrogen and oxygen atoms in total. The molecule has 0 aliphatic rings. The van der Waals surface area contributed by atoms with Gasteiger partial charge >= 0.3 is 0 Å². The zero-order valence-corrected chi connectivity index (χ0v) is 14.7. The summed E-state index contributed by atoms with van der Waals surface area (Å²) in [5.74, 6) is 0.899. The molecule has 0 atom stereocenters. The topological polar surface area (TPSA) is 101 Å². The minimum Gasteiger partial charge on any atom is -0.399 e. The van der Waals surface area contributed by atoms with Crippen molar-refractivity contribution in [2.45, 2.75) is 6.54 Å². The number of nitriles is 1. The molecule has 0 radical (unpaired) electrons. The number of amidine groups is 2. The van der Waals surface area contributed by atoms with Crippen LogP contribution in [0.3, 0.4) is 0 Å². The van der Waals surface area contributed by atoms with E-state index in [-0.39, 0.29) is 0 Å². The Kier molecular flexibility index (Phi) is 5.60. The first-order valence-corrected chi connectivity index (χ1v) is 8.44. The maximum Gasteiger partial charge on any atom is 0.157 e. The zero-order chi connectivity index (χ0) is 19.1. The molecular weight excluding hydrogens is 334 g/mol. The highest BCUT2D eigenvalue weighted by Gasteiger charge is 2.06. The second-order valence-electron chi connectivity index (χ2n) is 5.94. The van der Waals surface area contributed by atoms with Crippen molar-refractivity contribution in [1.82, 2.24) is 0 Å². The number of benzene rings is 3. The fourth-order valence-electron chi connectivity index (χ4n) is 2.52. The molecule has 0 fully saturated rings. The van der Waals surface area contributed by atoms with Crippen molar-refractivity contribution in [2.75, 3.05) is 5.73 Å². The van der Waals surface area contributed by atoms with Crippen LogP contribution in [0, 0.1) is 11.3 Å². The van der Waals surface area contributed by atoms with Gasteiger partial charge in [-0.1, -0.05) is 42.5 Å². The average molecular weight is 353 g/mol. The predicted octanol–water partition coefficient (Wildman–Crippen LogP) is 3.49. The first-order valence-electron chi connectivity index (χ1n) is 8.44. The molecule has 27 heavy (non-hydrogen) atoms. The van der Waals surface area contributed by atoms with E-state index in [0.717, 1.165) is 16.7 Å². The van der Waals surface area contributed by atoms with E-state index in [1.54, 1.807) is 18.2 Å². The lowest BCUT2D eigenvalue weighted by atomic mass is 10.1. The molecule has 0 heterocycles. The zero-order valence-electron chi connectivity index (χ0n) is 14.7. The van der Waals surface area contributed by atoms with Gasteiger partial charge in [0.15, 0.2) is 5.84 Å². The van der Waals surface area contributed by atoms with Crippen LogP contribution in [0.15, 0.2) is 88.8 Å². The van der Waals surface area contributed by atoms with Gasteiger partial charge in [0, 0.05) is 16.8 Å². The van der Waals surface area contributed by atoms with E-state index in [1.807, 2.05) is 60.7 Å². The Morgan fingerprint density at radius 2 is 1.63 bits per heavy atom. The third kappa shape index (κ3) is 4.80. The summed E-state index contributed by atoms with van der Waals surface area (Å²) in [6, 6.07) is 26.3. The molecule has 0 saturated heterocycles. The molecule has 0 spiro atoms. The van der Waals surface area contributed by atoms with Crippen LogP contribution >= 0.6 is 0 Å². The van der Waals surface area contributed by atoms with Gasteiger partial charge in [0.25, 0.3) is 0 Å². The Hall–Kier alpha value is -3.91. The minimum absolute atomic E-state index is 0.386. The van der Waals surface area contributed by atoms with Crippen molar-refractivity contribution in [1.29, 1.82) is 5.26 Å². The van der Waals surface area contributed by atoms with Gasteiger partial charge in [0.2, 0.25) is 0 Å². The van der Waals surface area contributed by atoms with Gasteiger partial charge in [0.1, 0.15) is 5.84 Å². The number of hydrogen-bond donors (Lipinski definition) is 2. The maximum atomic E-state index is 9.05. The second kappa shape index (κ2) is 8.45. The minimum atomic E-state index is 0.386. The van der Waals surface area contributed by atoms with E-state index in [4.69, 9.17) is 16.7 Å². The highest BCUT2D eigenvalue weighted by molar-refractivity contribution is 6.11. The van der Waals surface area contributed by atoms with Gasteiger partial charge in [-0.05, 0) is 42.0 Å². The molecule has 0 amide bonds. The average Bonchev–Trinajstić information content (AvgIpc) is 2.72. The van der Waals surface area contributed by atoms with E-state index < -0.39 is 0 Å². The Morgan fingerprint density at radius 1 is 0.889 bits per heavy atom. The summed E-state index contributed by atoms with van der Waals surface area (Å²) in [7, 11) is 0. The van der Waals surface area contributed by atoms with Crippen molar-refractivity contribution >= 4 is 17.4 Å². The largest absolute Gasteiger partial charge is 0.399 e. The van der Waals surface area contributed by atoms with Crippen molar-refractivity contribution in [3.8, 4) is 6.07 Å². The first kappa shape index (κ1) is 17.9. The quantitative estimate of drug-likeness (QED) is 0.426. The summed E-state index contributed by atoms with van der Waals surface area (Å²) in [6.45, 7) is 0.390. The van der Waals surface area contributed by atoms with E-state index in [2.05, 4.69) is 16.1 Å². The number of rotatable bonds is 4. The van der Waals surface area contributed by atoms with Gasteiger partial charge in [-0.3, -0.25) is 4.99 Å². The van der Waals surface area contributed by atoms with Crippen LogP contribution in [-0.4, -0.2) is 11.7 Å².